The average molecular weight is 481 g/mol. The van der Waals surface area contributed by atoms with Crippen molar-refractivity contribution in [2.24, 2.45) is 0 Å². The molecule has 2 fully saturated rings. The number of aryl methyl sites for hydroxylation is 1. The summed E-state index contributed by atoms with van der Waals surface area (Å²) >= 11 is 0. The van der Waals surface area contributed by atoms with E-state index in [2.05, 4.69) is 4.90 Å². The zero-order valence-corrected chi connectivity index (χ0v) is 20.5. The number of aliphatic hydroxyl groups excluding tert-OH is 1. The van der Waals surface area contributed by atoms with Crippen LogP contribution in [0.4, 0.5) is 0 Å². The molecule has 1 amide bonds. The van der Waals surface area contributed by atoms with Crippen LogP contribution in [0.5, 0.6) is 11.5 Å². The molecule has 0 bridgehead atoms. The molecular weight excluding hydrogens is 448 g/mol. The lowest BCUT2D eigenvalue weighted by Crippen LogP contribution is -2.42. The normalized spacial score (nSPS) is 20.3. The summed E-state index contributed by atoms with van der Waals surface area (Å²) in [5.41, 5.74) is 2.10. The maximum atomic E-state index is 13.3. The van der Waals surface area contributed by atoms with Crippen LogP contribution in [-0.2, 0) is 14.3 Å². The molecule has 0 aliphatic carbocycles. The minimum atomic E-state index is -0.700. The quantitative estimate of drug-likeness (QED) is 0.353. The van der Waals surface area contributed by atoms with Gasteiger partial charge < -0.3 is 24.2 Å². The summed E-state index contributed by atoms with van der Waals surface area (Å²) in [6, 6.07) is 11.8. The summed E-state index contributed by atoms with van der Waals surface area (Å²) in [6.45, 7) is 8.15. The highest BCUT2D eigenvalue weighted by Gasteiger charge is 2.46. The van der Waals surface area contributed by atoms with Crippen molar-refractivity contribution in [2.75, 3.05) is 53.1 Å². The lowest BCUT2D eigenvalue weighted by molar-refractivity contribution is -0.140. The van der Waals surface area contributed by atoms with Gasteiger partial charge in [0.2, 0.25) is 0 Å². The van der Waals surface area contributed by atoms with Crippen LogP contribution >= 0.6 is 0 Å². The smallest absolute Gasteiger partial charge is 0.295 e. The Morgan fingerprint density at radius 3 is 2.43 bits per heavy atom. The number of hydrogen-bond acceptors (Lipinski definition) is 7. The molecule has 8 nitrogen and oxygen atoms in total. The van der Waals surface area contributed by atoms with Crippen LogP contribution in [0.1, 0.15) is 29.7 Å². The number of hydrogen-bond donors (Lipinski definition) is 1. The molecule has 8 heteroatoms. The number of ketones is 1. The van der Waals surface area contributed by atoms with E-state index in [0.29, 0.717) is 50.0 Å². The van der Waals surface area contributed by atoms with E-state index in [1.165, 1.54) is 0 Å². The molecule has 2 aromatic rings. The van der Waals surface area contributed by atoms with Crippen LogP contribution in [0.15, 0.2) is 48.0 Å². The number of likely N-dealkylation sites (tertiary alicyclic amines) is 1. The number of rotatable bonds is 8. The average Bonchev–Trinajstić information content (AvgIpc) is 3.13. The van der Waals surface area contributed by atoms with Gasteiger partial charge in [0.15, 0.2) is 0 Å². The lowest BCUT2D eigenvalue weighted by atomic mass is 9.94. The van der Waals surface area contributed by atoms with Crippen molar-refractivity contribution in [2.45, 2.75) is 19.9 Å². The zero-order chi connectivity index (χ0) is 24.9. The fraction of sp³-hybridized carbons (Fsp3) is 0.407. The molecule has 1 N–H and O–H groups in total. The number of benzene rings is 2. The minimum absolute atomic E-state index is 0.0886. The van der Waals surface area contributed by atoms with Gasteiger partial charge in [-0.25, -0.2) is 0 Å². The molecule has 0 unspecified atom stereocenters. The molecule has 0 spiro atoms. The van der Waals surface area contributed by atoms with Crippen molar-refractivity contribution >= 4 is 17.4 Å². The summed E-state index contributed by atoms with van der Waals surface area (Å²) < 4.78 is 16.3. The predicted octanol–water partition coefficient (Wildman–Crippen LogP) is 3.16. The first-order valence-corrected chi connectivity index (χ1v) is 11.9. The molecule has 4 rings (SSSR count). The van der Waals surface area contributed by atoms with Gasteiger partial charge in [0.25, 0.3) is 11.7 Å². The Labute approximate surface area is 205 Å². The number of methoxy groups -OCH3 is 1. The van der Waals surface area contributed by atoms with Crippen molar-refractivity contribution < 1.29 is 28.9 Å². The Hall–Kier alpha value is -3.36. The van der Waals surface area contributed by atoms with Gasteiger partial charge in [-0.05, 0) is 55.3 Å². The summed E-state index contributed by atoms with van der Waals surface area (Å²) in [5.74, 6) is -0.106. The molecule has 2 aliphatic rings. The number of ether oxygens (including phenoxy) is 3. The van der Waals surface area contributed by atoms with Gasteiger partial charge in [0.05, 0.1) is 38.5 Å². The molecule has 186 valence electrons. The third-order valence-electron chi connectivity index (χ3n) is 6.48. The number of aliphatic hydroxyl groups is 1. The summed E-state index contributed by atoms with van der Waals surface area (Å²) in [6.07, 6.45) is 0. The Morgan fingerprint density at radius 2 is 1.80 bits per heavy atom. The van der Waals surface area contributed by atoms with E-state index in [4.69, 9.17) is 14.2 Å². The van der Waals surface area contributed by atoms with Crippen molar-refractivity contribution in [1.29, 1.82) is 0 Å². The lowest BCUT2D eigenvalue weighted by Gasteiger charge is -2.31. The Kier molecular flexibility index (Phi) is 7.73. The third kappa shape index (κ3) is 5.18. The first kappa shape index (κ1) is 24.8. The topological polar surface area (TPSA) is 88.5 Å². The first-order valence-electron chi connectivity index (χ1n) is 11.9. The van der Waals surface area contributed by atoms with Crippen molar-refractivity contribution in [3.8, 4) is 11.5 Å². The summed E-state index contributed by atoms with van der Waals surface area (Å²) in [4.78, 5) is 30.2. The van der Waals surface area contributed by atoms with E-state index in [0.717, 1.165) is 24.2 Å². The van der Waals surface area contributed by atoms with Crippen molar-refractivity contribution in [3.05, 3.63) is 64.7 Å². The van der Waals surface area contributed by atoms with E-state index < -0.39 is 17.7 Å². The number of carbonyl (C=O) groups excluding carboxylic acids is 2. The molecule has 0 aromatic heterocycles. The van der Waals surface area contributed by atoms with E-state index >= 15 is 0 Å². The van der Waals surface area contributed by atoms with Crippen molar-refractivity contribution in [3.63, 3.8) is 0 Å². The largest absolute Gasteiger partial charge is 0.507 e. The van der Waals surface area contributed by atoms with Crippen molar-refractivity contribution in [1.82, 2.24) is 9.80 Å². The second kappa shape index (κ2) is 10.9. The van der Waals surface area contributed by atoms with Crippen LogP contribution in [0, 0.1) is 6.92 Å². The molecule has 2 saturated heterocycles. The highest BCUT2D eigenvalue weighted by atomic mass is 16.5. The van der Waals surface area contributed by atoms with Crippen LogP contribution in [0.3, 0.4) is 0 Å². The second-order valence-corrected chi connectivity index (χ2v) is 8.63. The van der Waals surface area contributed by atoms with Gasteiger partial charge in [-0.15, -0.1) is 0 Å². The Balaban J connectivity index is 1.73. The van der Waals surface area contributed by atoms with Crippen LogP contribution < -0.4 is 9.47 Å². The SMILES string of the molecule is CCOc1ccc([C@H]2/C(=C(\O)c3ccc(OC)c(C)c3)C(=O)C(=O)N2CCN2CCOCC2)cc1. The Morgan fingerprint density at radius 1 is 1.09 bits per heavy atom. The summed E-state index contributed by atoms with van der Waals surface area (Å²) in [7, 11) is 1.58. The maximum absolute atomic E-state index is 13.3. The van der Waals surface area contributed by atoms with Gasteiger partial charge in [-0.2, -0.15) is 0 Å². The van der Waals surface area contributed by atoms with Gasteiger partial charge in [-0.3, -0.25) is 14.5 Å². The van der Waals surface area contributed by atoms with E-state index in [1.807, 2.05) is 38.1 Å². The van der Waals surface area contributed by atoms with Gasteiger partial charge in [0.1, 0.15) is 17.3 Å². The van der Waals surface area contributed by atoms with Gasteiger partial charge in [-0.1, -0.05) is 12.1 Å². The molecule has 35 heavy (non-hydrogen) atoms. The minimum Gasteiger partial charge on any atom is -0.507 e. The fourth-order valence-corrected chi connectivity index (χ4v) is 4.63. The van der Waals surface area contributed by atoms with Gasteiger partial charge in [0, 0.05) is 31.7 Å². The van der Waals surface area contributed by atoms with Crippen LogP contribution in [0.25, 0.3) is 5.76 Å². The first-order chi connectivity index (χ1) is 16.9. The van der Waals surface area contributed by atoms with E-state index in [-0.39, 0.29) is 11.3 Å². The number of nitrogens with zero attached hydrogens (tertiary/aromatic N) is 2. The van der Waals surface area contributed by atoms with Crippen LogP contribution in [-0.4, -0.2) is 79.7 Å². The van der Waals surface area contributed by atoms with Gasteiger partial charge >= 0.3 is 0 Å². The highest BCUT2D eigenvalue weighted by Crippen LogP contribution is 2.40. The monoisotopic (exact) mass is 480 g/mol. The zero-order valence-electron chi connectivity index (χ0n) is 20.5. The Bertz CT molecular complexity index is 1110. The molecule has 0 radical (unpaired) electrons. The standard InChI is InChI=1S/C27H32N2O6/c1-4-35-21-8-5-19(6-9-21)24-23(25(30)20-7-10-22(33-3)18(2)17-20)26(31)27(32)29(24)12-11-28-13-15-34-16-14-28/h5-10,17,24,30H,4,11-16H2,1-3H3/b25-23+/t24-/m0/s1. The number of carbonyl (C=O) groups is 2. The molecule has 2 aliphatic heterocycles. The predicted molar refractivity (Wildman–Crippen MR) is 132 cm³/mol. The number of Topliss-reactive ketones (excluding diaryl/α,β-unsaturated/α-hetero) is 1. The van der Waals surface area contributed by atoms with E-state index in [1.54, 1.807) is 30.2 Å². The third-order valence-corrected chi connectivity index (χ3v) is 6.48. The highest BCUT2D eigenvalue weighted by molar-refractivity contribution is 6.46. The number of amides is 1. The molecular formula is C27H32N2O6. The number of morpholine rings is 1. The molecule has 2 aromatic carbocycles. The second-order valence-electron chi connectivity index (χ2n) is 8.63. The van der Waals surface area contributed by atoms with Crippen LogP contribution in [0.2, 0.25) is 0 Å². The van der Waals surface area contributed by atoms with E-state index in [9.17, 15) is 14.7 Å². The fourth-order valence-electron chi connectivity index (χ4n) is 4.63. The summed E-state index contributed by atoms with van der Waals surface area (Å²) in [5, 5.41) is 11.3. The molecule has 2 heterocycles. The maximum Gasteiger partial charge on any atom is 0.295 e. The molecule has 0 saturated carbocycles. The molecule has 1 atom stereocenters.